The third kappa shape index (κ3) is 4.45. The van der Waals surface area contributed by atoms with E-state index >= 15 is 0 Å². The summed E-state index contributed by atoms with van der Waals surface area (Å²) in [5.41, 5.74) is 4.66. The van der Waals surface area contributed by atoms with Crippen molar-refractivity contribution >= 4 is 39.1 Å². The molecule has 0 saturated heterocycles. The van der Waals surface area contributed by atoms with E-state index in [9.17, 15) is 9.59 Å². The molecule has 0 spiro atoms. The summed E-state index contributed by atoms with van der Waals surface area (Å²) >= 11 is 3.46. The Hall–Kier alpha value is -2.14. The number of benzene rings is 2. The number of nitrogens with zero attached hydrogens (tertiary/aromatic N) is 1. The van der Waals surface area contributed by atoms with Crippen molar-refractivity contribution in [2.24, 2.45) is 0 Å². The lowest BCUT2D eigenvalue weighted by molar-refractivity contribution is -0.120. The molecule has 2 rings (SSSR count). The minimum absolute atomic E-state index is 0.0296. The van der Waals surface area contributed by atoms with E-state index in [1.54, 1.807) is 0 Å². The van der Waals surface area contributed by atoms with E-state index in [0.29, 0.717) is 5.69 Å². The average molecular weight is 389 g/mol. The third-order valence-corrected chi connectivity index (χ3v) is 4.66. The fourth-order valence-electron chi connectivity index (χ4n) is 2.42. The van der Waals surface area contributed by atoms with Gasteiger partial charge >= 0.3 is 0 Å². The van der Waals surface area contributed by atoms with Gasteiger partial charge in [-0.05, 0) is 50.1 Å². The van der Waals surface area contributed by atoms with E-state index in [-0.39, 0.29) is 18.4 Å². The summed E-state index contributed by atoms with van der Waals surface area (Å²) < 4.78 is 0.904. The monoisotopic (exact) mass is 388 g/mol. The maximum Gasteiger partial charge on any atom is 0.244 e. The standard InChI is InChI=1S/C19H21BrN2O2/c1-12-5-8-18(14(3)9-12)21-19(24)11-22(15(4)23)16-7-6-13(2)17(20)10-16/h5-10H,11H2,1-4H3,(H,21,24). The lowest BCUT2D eigenvalue weighted by Crippen LogP contribution is -2.36. The van der Waals surface area contributed by atoms with Crippen LogP contribution < -0.4 is 10.2 Å². The maximum atomic E-state index is 12.4. The predicted octanol–water partition coefficient (Wildman–Crippen LogP) is 4.37. The molecule has 4 nitrogen and oxygen atoms in total. The van der Waals surface area contributed by atoms with Gasteiger partial charge in [0.25, 0.3) is 0 Å². The first-order chi connectivity index (χ1) is 11.3. The summed E-state index contributed by atoms with van der Waals surface area (Å²) in [7, 11) is 0. The molecule has 0 atom stereocenters. The zero-order valence-electron chi connectivity index (χ0n) is 14.3. The minimum Gasteiger partial charge on any atom is -0.324 e. The third-order valence-electron chi connectivity index (χ3n) is 3.80. The molecule has 0 aliphatic heterocycles. The van der Waals surface area contributed by atoms with Gasteiger partial charge in [0.15, 0.2) is 0 Å². The molecular formula is C19H21BrN2O2. The summed E-state index contributed by atoms with van der Waals surface area (Å²) in [5.74, 6) is -0.407. The van der Waals surface area contributed by atoms with E-state index in [1.165, 1.54) is 11.8 Å². The Kier molecular flexibility index (Phi) is 5.78. The fraction of sp³-hybridized carbons (Fsp3) is 0.263. The van der Waals surface area contributed by atoms with Crippen LogP contribution in [0.3, 0.4) is 0 Å². The Labute approximate surface area is 151 Å². The lowest BCUT2D eigenvalue weighted by Gasteiger charge is -2.21. The molecule has 0 aliphatic carbocycles. The highest BCUT2D eigenvalue weighted by atomic mass is 79.9. The molecule has 2 aromatic carbocycles. The van der Waals surface area contributed by atoms with Gasteiger partial charge < -0.3 is 10.2 Å². The van der Waals surface area contributed by atoms with Gasteiger partial charge in [0.1, 0.15) is 6.54 Å². The number of nitrogens with one attached hydrogen (secondary N) is 1. The highest BCUT2D eigenvalue weighted by Crippen LogP contribution is 2.24. The van der Waals surface area contributed by atoms with E-state index < -0.39 is 0 Å². The first-order valence-corrected chi connectivity index (χ1v) is 8.48. The zero-order chi connectivity index (χ0) is 17.9. The molecule has 2 aromatic rings. The van der Waals surface area contributed by atoms with Crippen LogP contribution in [0.25, 0.3) is 0 Å². The molecule has 24 heavy (non-hydrogen) atoms. The molecule has 0 unspecified atom stereocenters. The van der Waals surface area contributed by atoms with Crippen LogP contribution in [0, 0.1) is 20.8 Å². The second-order valence-corrected chi connectivity index (χ2v) is 6.76. The van der Waals surface area contributed by atoms with E-state index in [0.717, 1.165) is 26.9 Å². The Morgan fingerprint density at radius 2 is 1.75 bits per heavy atom. The van der Waals surface area contributed by atoms with Crippen LogP contribution in [0.4, 0.5) is 11.4 Å². The molecule has 0 bridgehead atoms. The quantitative estimate of drug-likeness (QED) is 0.845. The number of carbonyl (C=O) groups excluding carboxylic acids is 2. The summed E-state index contributed by atoms with van der Waals surface area (Å²) in [6.07, 6.45) is 0. The van der Waals surface area contributed by atoms with E-state index in [2.05, 4.69) is 21.2 Å². The van der Waals surface area contributed by atoms with Crippen LogP contribution in [0.2, 0.25) is 0 Å². The Morgan fingerprint density at radius 3 is 2.33 bits per heavy atom. The molecule has 0 saturated carbocycles. The second-order valence-electron chi connectivity index (χ2n) is 5.91. The van der Waals surface area contributed by atoms with Crippen molar-refractivity contribution in [3.63, 3.8) is 0 Å². The van der Waals surface area contributed by atoms with Crippen molar-refractivity contribution in [3.8, 4) is 0 Å². The van der Waals surface area contributed by atoms with Gasteiger partial charge in [0.2, 0.25) is 11.8 Å². The van der Waals surface area contributed by atoms with Gasteiger partial charge in [0, 0.05) is 22.8 Å². The van der Waals surface area contributed by atoms with Gasteiger partial charge in [-0.25, -0.2) is 0 Å². The summed E-state index contributed by atoms with van der Waals surface area (Å²) in [6.45, 7) is 7.35. The van der Waals surface area contributed by atoms with Gasteiger partial charge in [-0.1, -0.05) is 39.7 Å². The smallest absolute Gasteiger partial charge is 0.244 e. The second kappa shape index (κ2) is 7.62. The molecule has 2 amide bonds. The molecular weight excluding hydrogens is 368 g/mol. The largest absolute Gasteiger partial charge is 0.324 e. The van der Waals surface area contributed by atoms with Crippen LogP contribution in [-0.4, -0.2) is 18.4 Å². The molecule has 5 heteroatoms. The number of anilines is 2. The Morgan fingerprint density at radius 1 is 1.04 bits per heavy atom. The minimum atomic E-state index is -0.228. The van der Waals surface area contributed by atoms with Gasteiger partial charge in [0.05, 0.1) is 0 Å². The van der Waals surface area contributed by atoms with Crippen molar-refractivity contribution in [1.82, 2.24) is 0 Å². The number of amides is 2. The number of carbonyl (C=O) groups is 2. The van der Waals surface area contributed by atoms with Crippen LogP contribution in [0.1, 0.15) is 23.6 Å². The van der Waals surface area contributed by atoms with E-state index in [4.69, 9.17) is 0 Å². The van der Waals surface area contributed by atoms with Crippen LogP contribution >= 0.6 is 15.9 Å². The highest BCUT2D eigenvalue weighted by molar-refractivity contribution is 9.10. The molecule has 0 aromatic heterocycles. The van der Waals surface area contributed by atoms with E-state index in [1.807, 2.05) is 57.2 Å². The fourth-order valence-corrected chi connectivity index (χ4v) is 2.79. The molecule has 1 N–H and O–H groups in total. The predicted molar refractivity (Wildman–Crippen MR) is 101 cm³/mol. The van der Waals surface area contributed by atoms with Crippen molar-refractivity contribution < 1.29 is 9.59 Å². The SMILES string of the molecule is CC(=O)N(CC(=O)Nc1ccc(C)cc1C)c1ccc(C)c(Br)c1. The number of hydrogen-bond acceptors (Lipinski definition) is 2. The Balaban J connectivity index is 2.16. The maximum absolute atomic E-state index is 12.4. The summed E-state index contributed by atoms with van der Waals surface area (Å²) in [5, 5.41) is 2.87. The number of aryl methyl sites for hydroxylation is 3. The normalized spacial score (nSPS) is 10.4. The van der Waals surface area contributed by atoms with Gasteiger partial charge in [-0.3, -0.25) is 9.59 Å². The van der Waals surface area contributed by atoms with Gasteiger partial charge in [-0.15, -0.1) is 0 Å². The first kappa shape index (κ1) is 18.2. The van der Waals surface area contributed by atoms with Crippen molar-refractivity contribution in [1.29, 1.82) is 0 Å². The van der Waals surface area contributed by atoms with Crippen LogP contribution in [-0.2, 0) is 9.59 Å². The number of halogens is 1. The molecule has 0 fully saturated rings. The summed E-state index contributed by atoms with van der Waals surface area (Å²) in [4.78, 5) is 25.8. The highest BCUT2D eigenvalue weighted by Gasteiger charge is 2.17. The zero-order valence-corrected chi connectivity index (χ0v) is 15.9. The van der Waals surface area contributed by atoms with Crippen molar-refractivity contribution in [2.75, 3.05) is 16.8 Å². The lowest BCUT2D eigenvalue weighted by atomic mass is 10.1. The van der Waals surface area contributed by atoms with Crippen LogP contribution in [0.5, 0.6) is 0 Å². The number of hydrogen-bond donors (Lipinski definition) is 1. The van der Waals surface area contributed by atoms with Gasteiger partial charge in [-0.2, -0.15) is 0 Å². The molecule has 0 heterocycles. The molecule has 0 aliphatic rings. The Bertz CT molecular complexity index is 787. The number of rotatable bonds is 4. The van der Waals surface area contributed by atoms with Crippen molar-refractivity contribution in [2.45, 2.75) is 27.7 Å². The average Bonchev–Trinajstić information content (AvgIpc) is 2.50. The summed E-state index contributed by atoms with van der Waals surface area (Å²) in [6, 6.07) is 11.4. The molecule has 0 radical (unpaired) electrons. The topological polar surface area (TPSA) is 49.4 Å². The first-order valence-electron chi connectivity index (χ1n) is 7.69. The van der Waals surface area contributed by atoms with Crippen molar-refractivity contribution in [3.05, 3.63) is 57.6 Å². The van der Waals surface area contributed by atoms with Crippen LogP contribution in [0.15, 0.2) is 40.9 Å². The molecule has 126 valence electrons.